The lowest BCUT2D eigenvalue weighted by molar-refractivity contribution is -0.139. The number of hydrogen-bond donors (Lipinski definition) is 2. The summed E-state index contributed by atoms with van der Waals surface area (Å²) in [6.07, 6.45) is 1.35. The van der Waals surface area contributed by atoms with Crippen LogP contribution in [0.1, 0.15) is 5.56 Å². The molecule has 1 heterocycles. The molecule has 0 aromatic heterocycles. The third-order valence-corrected chi connectivity index (χ3v) is 4.22. The van der Waals surface area contributed by atoms with E-state index in [0.29, 0.717) is 10.0 Å². The standard InChI is InChI=1S/C14H10BrClN2O5S/c1-18-13(22)7(12(21)17-14(18)24)2-6-3-8(15)11(9(16)4-6)23-5-10(19)20/h2-4H,5H2,1H3,(H,19,20)(H,17,21,24)/b7-2+. The van der Waals surface area contributed by atoms with Crippen LogP contribution in [0.15, 0.2) is 22.2 Å². The number of carboxylic acids is 1. The van der Waals surface area contributed by atoms with Crippen molar-refractivity contribution in [1.82, 2.24) is 10.2 Å². The van der Waals surface area contributed by atoms with E-state index in [-0.39, 0.29) is 21.5 Å². The average molecular weight is 434 g/mol. The minimum atomic E-state index is -1.15. The van der Waals surface area contributed by atoms with Crippen molar-refractivity contribution in [2.45, 2.75) is 0 Å². The number of nitrogens with zero attached hydrogens (tertiary/aromatic N) is 1. The van der Waals surface area contributed by atoms with Crippen molar-refractivity contribution >= 4 is 68.7 Å². The van der Waals surface area contributed by atoms with Gasteiger partial charge in [0, 0.05) is 7.05 Å². The SMILES string of the molecule is CN1C(=O)/C(=C/c2cc(Cl)c(OCC(=O)O)c(Br)c2)C(=O)NC1=S. The van der Waals surface area contributed by atoms with Gasteiger partial charge in [0.25, 0.3) is 11.8 Å². The van der Waals surface area contributed by atoms with Gasteiger partial charge in [-0.3, -0.25) is 19.8 Å². The Kier molecular flexibility index (Phi) is 5.58. The van der Waals surface area contributed by atoms with Gasteiger partial charge in [0.05, 0.1) is 9.50 Å². The third-order valence-electron chi connectivity index (χ3n) is 2.98. The molecule has 1 aliphatic rings. The zero-order chi connectivity index (χ0) is 18.0. The number of likely N-dealkylation sites (N-methyl/N-ethyl adjacent to an activating group) is 1. The highest BCUT2D eigenvalue weighted by Crippen LogP contribution is 2.35. The maximum absolute atomic E-state index is 12.1. The molecule has 2 rings (SSSR count). The molecule has 0 saturated carbocycles. The fourth-order valence-electron chi connectivity index (χ4n) is 1.85. The van der Waals surface area contributed by atoms with Gasteiger partial charge < -0.3 is 9.84 Å². The Hall–Kier alpha value is -1.97. The first-order valence-corrected chi connectivity index (χ1v) is 7.97. The van der Waals surface area contributed by atoms with E-state index in [2.05, 4.69) is 21.2 Å². The first kappa shape index (κ1) is 18.4. The molecular formula is C14H10BrClN2O5S. The minimum absolute atomic E-state index is 0.0266. The number of hydrogen-bond acceptors (Lipinski definition) is 5. The Labute approximate surface area is 155 Å². The molecule has 1 aromatic carbocycles. The number of aliphatic carboxylic acids is 1. The van der Waals surface area contributed by atoms with Crippen LogP contribution in [0.25, 0.3) is 6.08 Å². The van der Waals surface area contributed by atoms with Crippen molar-refractivity contribution in [2.24, 2.45) is 0 Å². The van der Waals surface area contributed by atoms with E-state index in [0.717, 1.165) is 4.90 Å². The van der Waals surface area contributed by atoms with Crippen molar-refractivity contribution in [2.75, 3.05) is 13.7 Å². The molecule has 1 fully saturated rings. The van der Waals surface area contributed by atoms with Crippen LogP contribution in [0.2, 0.25) is 5.02 Å². The molecule has 126 valence electrons. The number of rotatable bonds is 4. The molecule has 1 aliphatic heterocycles. The molecule has 7 nitrogen and oxygen atoms in total. The van der Waals surface area contributed by atoms with E-state index >= 15 is 0 Å². The molecule has 0 spiro atoms. The summed E-state index contributed by atoms with van der Waals surface area (Å²) in [5.41, 5.74) is 0.350. The van der Waals surface area contributed by atoms with Gasteiger partial charge in [-0.25, -0.2) is 4.79 Å². The normalized spacial score (nSPS) is 16.4. The summed E-state index contributed by atoms with van der Waals surface area (Å²) < 4.78 is 5.46. The summed E-state index contributed by atoms with van der Waals surface area (Å²) in [5, 5.41) is 11.2. The summed E-state index contributed by atoms with van der Waals surface area (Å²) >= 11 is 14.1. The first-order valence-electron chi connectivity index (χ1n) is 6.39. The number of carbonyl (C=O) groups is 3. The van der Waals surface area contributed by atoms with Gasteiger partial charge in [0.15, 0.2) is 17.5 Å². The van der Waals surface area contributed by atoms with Crippen LogP contribution >= 0.6 is 39.7 Å². The molecule has 2 amide bonds. The number of thiocarbonyl (C=S) groups is 1. The van der Waals surface area contributed by atoms with Crippen LogP contribution in [-0.4, -0.2) is 46.6 Å². The molecule has 10 heteroatoms. The minimum Gasteiger partial charge on any atom is -0.479 e. The lowest BCUT2D eigenvalue weighted by Gasteiger charge is -2.25. The molecule has 0 aliphatic carbocycles. The maximum atomic E-state index is 12.1. The van der Waals surface area contributed by atoms with Gasteiger partial charge in [-0.05, 0) is 51.9 Å². The number of nitrogens with one attached hydrogen (secondary N) is 1. The van der Waals surface area contributed by atoms with Crippen LogP contribution in [0.4, 0.5) is 0 Å². The van der Waals surface area contributed by atoms with Crippen LogP contribution < -0.4 is 10.1 Å². The first-order chi connectivity index (χ1) is 11.2. The lowest BCUT2D eigenvalue weighted by Crippen LogP contribution is -2.52. The number of carboxylic acid groups (broad SMARTS) is 1. The van der Waals surface area contributed by atoms with Gasteiger partial charge in [-0.1, -0.05) is 11.6 Å². The van der Waals surface area contributed by atoms with Crippen molar-refractivity contribution in [1.29, 1.82) is 0 Å². The van der Waals surface area contributed by atoms with Gasteiger partial charge >= 0.3 is 5.97 Å². The van der Waals surface area contributed by atoms with Crippen molar-refractivity contribution in [3.63, 3.8) is 0 Å². The number of benzene rings is 1. The molecule has 2 N–H and O–H groups in total. The number of halogens is 2. The molecular weight excluding hydrogens is 424 g/mol. The van der Waals surface area contributed by atoms with E-state index in [9.17, 15) is 14.4 Å². The Morgan fingerprint density at radius 2 is 2.17 bits per heavy atom. The highest BCUT2D eigenvalue weighted by atomic mass is 79.9. The zero-order valence-corrected chi connectivity index (χ0v) is 15.3. The van der Waals surface area contributed by atoms with Gasteiger partial charge in [0.1, 0.15) is 5.57 Å². The van der Waals surface area contributed by atoms with Crippen LogP contribution in [-0.2, 0) is 14.4 Å². The quantitative estimate of drug-likeness (QED) is 0.427. The highest BCUT2D eigenvalue weighted by molar-refractivity contribution is 9.10. The van der Waals surface area contributed by atoms with Gasteiger partial charge in [-0.15, -0.1) is 0 Å². The second-order valence-electron chi connectivity index (χ2n) is 4.68. The molecule has 0 unspecified atom stereocenters. The summed E-state index contributed by atoms with van der Waals surface area (Å²) in [7, 11) is 1.45. The van der Waals surface area contributed by atoms with Crippen molar-refractivity contribution in [3.8, 4) is 5.75 Å². The van der Waals surface area contributed by atoms with E-state index in [1.165, 1.54) is 19.2 Å². The summed E-state index contributed by atoms with van der Waals surface area (Å²) in [4.78, 5) is 35.8. The summed E-state index contributed by atoms with van der Waals surface area (Å²) in [6, 6.07) is 2.99. The fraction of sp³-hybridized carbons (Fsp3) is 0.143. The molecule has 0 atom stereocenters. The predicted molar refractivity (Wildman–Crippen MR) is 93.8 cm³/mol. The monoisotopic (exact) mass is 432 g/mol. The Balaban J connectivity index is 2.36. The van der Waals surface area contributed by atoms with Crippen LogP contribution in [0.5, 0.6) is 5.75 Å². The van der Waals surface area contributed by atoms with Gasteiger partial charge in [0.2, 0.25) is 0 Å². The lowest BCUT2D eigenvalue weighted by atomic mass is 10.1. The predicted octanol–water partition coefficient (Wildman–Crippen LogP) is 1.82. The van der Waals surface area contributed by atoms with Crippen molar-refractivity contribution < 1.29 is 24.2 Å². The Bertz CT molecular complexity index is 772. The Morgan fingerprint density at radius 1 is 1.50 bits per heavy atom. The molecule has 0 radical (unpaired) electrons. The molecule has 24 heavy (non-hydrogen) atoms. The number of carbonyl (C=O) groups excluding carboxylic acids is 2. The van der Waals surface area contributed by atoms with E-state index in [1.54, 1.807) is 6.07 Å². The number of ether oxygens (including phenoxy) is 1. The molecule has 1 aromatic rings. The van der Waals surface area contributed by atoms with E-state index in [4.69, 9.17) is 33.7 Å². The van der Waals surface area contributed by atoms with E-state index < -0.39 is 24.4 Å². The maximum Gasteiger partial charge on any atom is 0.341 e. The molecule has 0 bridgehead atoms. The number of amides is 2. The molecule has 1 saturated heterocycles. The average Bonchev–Trinajstić information content (AvgIpc) is 2.48. The van der Waals surface area contributed by atoms with E-state index in [1.807, 2.05) is 0 Å². The second-order valence-corrected chi connectivity index (χ2v) is 6.33. The summed E-state index contributed by atoms with van der Waals surface area (Å²) in [5.74, 6) is -2.14. The second kappa shape index (κ2) is 7.29. The summed E-state index contributed by atoms with van der Waals surface area (Å²) in [6.45, 7) is -0.554. The highest BCUT2D eigenvalue weighted by Gasteiger charge is 2.30. The van der Waals surface area contributed by atoms with Crippen molar-refractivity contribution in [3.05, 3.63) is 32.8 Å². The van der Waals surface area contributed by atoms with Crippen LogP contribution in [0.3, 0.4) is 0 Å². The van der Waals surface area contributed by atoms with Crippen LogP contribution in [0, 0.1) is 0 Å². The smallest absolute Gasteiger partial charge is 0.341 e. The topological polar surface area (TPSA) is 95.9 Å². The Morgan fingerprint density at radius 3 is 2.75 bits per heavy atom. The zero-order valence-electron chi connectivity index (χ0n) is 12.1. The largest absolute Gasteiger partial charge is 0.479 e. The fourth-order valence-corrected chi connectivity index (χ4v) is 3.01. The van der Waals surface area contributed by atoms with Gasteiger partial charge in [-0.2, -0.15) is 0 Å². The third kappa shape index (κ3) is 3.92.